The molecule has 94 valence electrons. The van der Waals surface area contributed by atoms with E-state index in [0.717, 1.165) is 16.9 Å². The largest absolute Gasteiger partial charge is 0.365 e. The number of rotatable bonds is 2. The molecule has 2 rings (SSSR count). The summed E-state index contributed by atoms with van der Waals surface area (Å²) in [6.07, 6.45) is 0. The van der Waals surface area contributed by atoms with Crippen LogP contribution in [0.3, 0.4) is 0 Å². The SMILES string of the molecule is CC(C)(C)Nc1cc(-c2ccccc2)cc(Cl)n1. The standard InChI is InChI=1S/C15H17ClN2/c1-15(2,3)18-14-10-12(9-13(16)17-14)11-7-5-4-6-8-11/h4-10H,1-3H3,(H,17,18). The summed E-state index contributed by atoms with van der Waals surface area (Å²) in [6.45, 7) is 6.29. The Kier molecular flexibility index (Phi) is 3.58. The molecule has 1 heterocycles. The van der Waals surface area contributed by atoms with Crippen molar-refractivity contribution in [3.8, 4) is 11.1 Å². The fourth-order valence-electron chi connectivity index (χ4n) is 1.74. The maximum absolute atomic E-state index is 6.08. The fourth-order valence-corrected chi connectivity index (χ4v) is 1.95. The number of aromatic nitrogens is 1. The van der Waals surface area contributed by atoms with Gasteiger partial charge in [-0.1, -0.05) is 41.9 Å². The van der Waals surface area contributed by atoms with E-state index < -0.39 is 0 Å². The summed E-state index contributed by atoms with van der Waals surface area (Å²) in [7, 11) is 0. The van der Waals surface area contributed by atoms with Crippen molar-refractivity contribution >= 4 is 17.4 Å². The highest BCUT2D eigenvalue weighted by atomic mass is 35.5. The molecule has 0 saturated heterocycles. The smallest absolute Gasteiger partial charge is 0.132 e. The van der Waals surface area contributed by atoms with Gasteiger partial charge in [0.15, 0.2) is 0 Å². The van der Waals surface area contributed by atoms with Crippen LogP contribution in [0.1, 0.15) is 20.8 Å². The maximum Gasteiger partial charge on any atom is 0.132 e. The molecule has 0 bridgehead atoms. The van der Waals surface area contributed by atoms with E-state index in [9.17, 15) is 0 Å². The van der Waals surface area contributed by atoms with Crippen LogP contribution in [0.25, 0.3) is 11.1 Å². The number of hydrogen-bond donors (Lipinski definition) is 1. The van der Waals surface area contributed by atoms with Crippen LogP contribution < -0.4 is 5.32 Å². The van der Waals surface area contributed by atoms with E-state index >= 15 is 0 Å². The zero-order chi connectivity index (χ0) is 13.2. The van der Waals surface area contributed by atoms with Crippen molar-refractivity contribution in [2.45, 2.75) is 26.3 Å². The van der Waals surface area contributed by atoms with E-state index in [1.165, 1.54) is 0 Å². The quantitative estimate of drug-likeness (QED) is 0.798. The van der Waals surface area contributed by atoms with Gasteiger partial charge in [-0.3, -0.25) is 0 Å². The highest BCUT2D eigenvalue weighted by Crippen LogP contribution is 2.25. The van der Waals surface area contributed by atoms with E-state index in [4.69, 9.17) is 11.6 Å². The van der Waals surface area contributed by atoms with Crippen LogP contribution in [0.4, 0.5) is 5.82 Å². The molecule has 0 unspecified atom stereocenters. The van der Waals surface area contributed by atoms with Crippen molar-refractivity contribution in [3.63, 3.8) is 0 Å². The Balaban J connectivity index is 2.39. The van der Waals surface area contributed by atoms with E-state index in [0.29, 0.717) is 5.15 Å². The van der Waals surface area contributed by atoms with Gasteiger partial charge in [0.2, 0.25) is 0 Å². The van der Waals surface area contributed by atoms with Gasteiger partial charge in [0.1, 0.15) is 11.0 Å². The number of benzene rings is 1. The zero-order valence-corrected chi connectivity index (χ0v) is 11.6. The molecule has 0 amide bonds. The number of nitrogens with one attached hydrogen (secondary N) is 1. The van der Waals surface area contributed by atoms with Crippen molar-refractivity contribution in [3.05, 3.63) is 47.6 Å². The Labute approximate surface area is 113 Å². The molecule has 0 atom stereocenters. The van der Waals surface area contributed by atoms with Crippen LogP contribution >= 0.6 is 11.6 Å². The summed E-state index contributed by atoms with van der Waals surface area (Å²) in [5.41, 5.74) is 2.17. The van der Waals surface area contributed by atoms with Gasteiger partial charge in [-0.15, -0.1) is 0 Å². The molecule has 1 N–H and O–H groups in total. The lowest BCUT2D eigenvalue weighted by atomic mass is 10.1. The monoisotopic (exact) mass is 260 g/mol. The van der Waals surface area contributed by atoms with Gasteiger partial charge in [-0.25, -0.2) is 4.98 Å². The van der Waals surface area contributed by atoms with Crippen LogP contribution in [-0.2, 0) is 0 Å². The Morgan fingerprint density at radius 3 is 2.28 bits per heavy atom. The van der Waals surface area contributed by atoms with Crippen LogP contribution in [-0.4, -0.2) is 10.5 Å². The van der Waals surface area contributed by atoms with Crippen LogP contribution in [0.15, 0.2) is 42.5 Å². The van der Waals surface area contributed by atoms with Crippen molar-refractivity contribution in [1.29, 1.82) is 0 Å². The highest BCUT2D eigenvalue weighted by Gasteiger charge is 2.11. The third kappa shape index (κ3) is 3.47. The molecular formula is C15H17ClN2. The molecule has 0 aliphatic heterocycles. The zero-order valence-electron chi connectivity index (χ0n) is 10.9. The van der Waals surface area contributed by atoms with E-state index in [1.807, 2.05) is 30.3 Å². The van der Waals surface area contributed by atoms with Crippen molar-refractivity contribution < 1.29 is 0 Å². The molecule has 0 fully saturated rings. The highest BCUT2D eigenvalue weighted by molar-refractivity contribution is 6.29. The van der Waals surface area contributed by atoms with Gasteiger partial charge in [0, 0.05) is 5.54 Å². The summed E-state index contributed by atoms with van der Waals surface area (Å²) in [6, 6.07) is 14.1. The lowest BCUT2D eigenvalue weighted by Gasteiger charge is -2.21. The van der Waals surface area contributed by atoms with Gasteiger partial charge in [-0.05, 0) is 44.0 Å². The van der Waals surface area contributed by atoms with E-state index in [1.54, 1.807) is 0 Å². The second-order valence-corrected chi connectivity index (χ2v) is 5.69. The van der Waals surface area contributed by atoms with Crippen LogP contribution in [0, 0.1) is 0 Å². The molecule has 2 aromatic rings. The van der Waals surface area contributed by atoms with Gasteiger partial charge >= 0.3 is 0 Å². The number of halogens is 1. The second-order valence-electron chi connectivity index (χ2n) is 5.30. The Morgan fingerprint density at radius 1 is 1.00 bits per heavy atom. The third-order valence-corrected chi connectivity index (χ3v) is 2.60. The fraction of sp³-hybridized carbons (Fsp3) is 0.267. The topological polar surface area (TPSA) is 24.9 Å². The lowest BCUT2D eigenvalue weighted by Crippen LogP contribution is -2.26. The number of nitrogens with zero attached hydrogens (tertiary/aromatic N) is 1. The van der Waals surface area contributed by atoms with Gasteiger partial charge in [-0.2, -0.15) is 0 Å². The Morgan fingerprint density at radius 2 is 1.67 bits per heavy atom. The van der Waals surface area contributed by atoms with Crippen LogP contribution in [0.2, 0.25) is 5.15 Å². The molecule has 0 spiro atoms. The minimum atomic E-state index is -0.0361. The molecule has 0 aliphatic rings. The molecule has 1 aromatic carbocycles. The molecule has 0 aliphatic carbocycles. The molecule has 1 aromatic heterocycles. The minimum absolute atomic E-state index is 0.0361. The average Bonchev–Trinajstić information content (AvgIpc) is 2.27. The molecule has 18 heavy (non-hydrogen) atoms. The first-order valence-electron chi connectivity index (χ1n) is 5.95. The number of pyridine rings is 1. The summed E-state index contributed by atoms with van der Waals surface area (Å²) >= 11 is 6.08. The third-order valence-electron chi connectivity index (χ3n) is 2.40. The van der Waals surface area contributed by atoms with Gasteiger partial charge in [0.25, 0.3) is 0 Å². The summed E-state index contributed by atoms with van der Waals surface area (Å²) < 4.78 is 0. The summed E-state index contributed by atoms with van der Waals surface area (Å²) in [5.74, 6) is 0.800. The number of hydrogen-bond acceptors (Lipinski definition) is 2. The maximum atomic E-state index is 6.08. The Hall–Kier alpha value is -1.54. The predicted molar refractivity (Wildman–Crippen MR) is 78.1 cm³/mol. The predicted octanol–water partition coefficient (Wildman–Crippen LogP) is 4.61. The van der Waals surface area contributed by atoms with Crippen molar-refractivity contribution in [2.75, 3.05) is 5.32 Å². The van der Waals surface area contributed by atoms with Crippen molar-refractivity contribution in [2.24, 2.45) is 0 Å². The minimum Gasteiger partial charge on any atom is -0.365 e. The molecule has 0 radical (unpaired) electrons. The normalized spacial score (nSPS) is 11.3. The summed E-state index contributed by atoms with van der Waals surface area (Å²) in [4.78, 5) is 4.30. The Bertz CT molecular complexity index is 530. The molecular weight excluding hydrogens is 244 g/mol. The summed E-state index contributed by atoms with van der Waals surface area (Å²) in [5, 5.41) is 3.84. The molecule has 3 heteroatoms. The molecule has 0 saturated carbocycles. The first-order chi connectivity index (χ1) is 8.44. The lowest BCUT2D eigenvalue weighted by molar-refractivity contribution is 0.630. The first-order valence-corrected chi connectivity index (χ1v) is 6.33. The number of anilines is 1. The van der Waals surface area contributed by atoms with E-state index in [-0.39, 0.29) is 5.54 Å². The van der Waals surface area contributed by atoms with E-state index in [2.05, 4.69) is 43.2 Å². The molecule has 2 nitrogen and oxygen atoms in total. The van der Waals surface area contributed by atoms with Gasteiger partial charge in [0.05, 0.1) is 0 Å². The second kappa shape index (κ2) is 4.99. The van der Waals surface area contributed by atoms with Gasteiger partial charge < -0.3 is 5.32 Å². The van der Waals surface area contributed by atoms with Crippen molar-refractivity contribution in [1.82, 2.24) is 4.98 Å². The first kappa shape index (κ1) is 12.9. The van der Waals surface area contributed by atoms with Crippen LogP contribution in [0.5, 0.6) is 0 Å². The average molecular weight is 261 g/mol.